The van der Waals surface area contributed by atoms with Gasteiger partial charge in [-0.25, -0.2) is 17.5 Å². The summed E-state index contributed by atoms with van der Waals surface area (Å²) in [5.41, 5.74) is 1.19. The Morgan fingerprint density at radius 1 is 1.19 bits per heavy atom. The van der Waals surface area contributed by atoms with E-state index >= 15 is 0 Å². The van der Waals surface area contributed by atoms with Gasteiger partial charge in [0.25, 0.3) is 0 Å². The van der Waals surface area contributed by atoms with Gasteiger partial charge in [0.1, 0.15) is 5.82 Å². The molecule has 1 atom stereocenters. The zero-order valence-corrected chi connectivity index (χ0v) is 12.3. The molecule has 0 fully saturated rings. The van der Waals surface area contributed by atoms with E-state index in [4.69, 9.17) is 5.11 Å². The quantitative estimate of drug-likeness (QED) is 0.891. The van der Waals surface area contributed by atoms with Crippen LogP contribution in [0.4, 0.5) is 4.39 Å². The number of hydrogen-bond donors (Lipinski definition) is 2. The topological polar surface area (TPSA) is 66.4 Å². The van der Waals surface area contributed by atoms with Crippen molar-refractivity contribution in [1.29, 1.82) is 0 Å². The highest BCUT2D eigenvalue weighted by Crippen LogP contribution is 2.18. The van der Waals surface area contributed by atoms with Crippen LogP contribution in [-0.4, -0.2) is 13.5 Å². The summed E-state index contributed by atoms with van der Waals surface area (Å²) in [7, 11) is -3.71. The van der Waals surface area contributed by atoms with Gasteiger partial charge >= 0.3 is 0 Å². The lowest BCUT2D eigenvalue weighted by atomic mass is 10.1. The molecule has 1 unspecified atom stereocenters. The minimum absolute atomic E-state index is 0.0861. The number of rotatable bonds is 5. The Hall–Kier alpha value is -1.76. The first-order valence-electron chi connectivity index (χ1n) is 6.40. The van der Waals surface area contributed by atoms with Crippen molar-refractivity contribution in [2.45, 2.75) is 24.5 Å². The minimum atomic E-state index is -3.71. The average Bonchev–Trinajstić information content (AvgIpc) is 2.47. The Morgan fingerprint density at radius 3 is 2.48 bits per heavy atom. The van der Waals surface area contributed by atoms with E-state index in [0.717, 1.165) is 0 Å². The Morgan fingerprint density at radius 2 is 1.86 bits per heavy atom. The lowest BCUT2D eigenvalue weighted by molar-refractivity contribution is 0.281. The molecule has 6 heteroatoms. The fourth-order valence-electron chi connectivity index (χ4n) is 1.93. The summed E-state index contributed by atoms with van der Waals surface area (Å²) in [6.07, 6.45) is 0. The van der Waals surface area contributed by atoms with Crippen LogP contribution in [0.3, 0.4) is 0 Å². The van der Waals surface area contributed by atoms with Crippen LogP contribution in [0.1, 0.15) is 24.1 Å². The number of aliphatic hydroxyl groups is 1. The maximum Gasteiger partial charge on any atom is 0.241 e. The Balaban J connectivity index is 2.22. The first kappa shape index (κ1) is 15.6. The average molecular weight is 309 g/mol. The van der Waals surface area contributed by atoms with Crippen LogP contribution < -0.4 is 4.72 Å². The molecular weight excluding hydrogens is 293 g/mol. The summed E-state index contributed by atoms with van der Waals surface area (Å²) in [5, 5.41) is 9.06. The molecule has 0 amide bonds. The third-order valence-corrected chi connectivity index (χ3v) is 4.63. The van der Waals surface area contributed by atoms with E-state index in [1.165, 1.54) is 36.4 Å². The van der Waals surface area contributed by atoms with Crippen LogP contribution in [-0.2, 0) is 16.6 Å². The molecule has 0 aliphatic carbocycles. The summed E-state index contributed by atoms with van der Waals surface area (Å²) < 4.78 is 40.0. The van der Waals surface area contributed by atoms with Crippen LogP contribution in [0.25, 0.3) is 0 Å². The summed E-state index contributed by atoms with van der Waals surface area (Å²) >= 11 is 0. The summed E-state index contributed by atoms with van der Waals surface area (Å²) in [6.45, 7) is 1.46. The number of halogens is 1. The molecule has 0 bridgehead atoms. The van der Waals surface area contributed by atoms with Crippen molar-refractivity contribution in [2.24, 2.45) is 0 Å². The smallest absolute Gasteiger partial charge is 0.241 e. The maximum absolute atomic E-state index is 12.9. The number of hydrogen-bond acceptors (Lipinski definition) is 3. The standard InChI is InChI=1S/C15H16FNO3S/c1-11(13-5-7-14(16)8-6-13)17-21(19,20)15-4-2-3-12(9-15)10-18/h2-9,11,17-18H,10H2,1H3. The number of aliphatic hydroxyl groups excluding tert-OH is 1. The Kier molecular flexibility index (Phi) is 4.72. The summed E-state index contributed by atoms with van der Waals surface area (Å²) in [6, 6.07) is 11.2. The van der Waals surface area contributed by atoms with E-state index in [9.17, 15) is 12.8 Å². The molecule has 0 heterocycles. The van der Waals surface area contributed by atoms with Crippen LogP contribution in [0.5, 0.6) is 0 Å². The van der Waals surface area contributed by atoms with Crippen molar-refractivity contribution in [3.8, 4) is 0 Å². The third kappa shape index (κ3) is 3.87. The number of sulfonamides is 1. The summed E-state index contributed by atoms with van der Waals surface area (Å²) in [4.78, 5) is 0.0861. The predicted octanol–water partition coefficient (Wildman–Crippen LogP) is 2.36. The van der Waals surface area contributed by atoms with Gasteiger partial charge in [-0.2, -0.15) is 0 Å². The van der Waals surface area contributed by atoms with E-state index in [1.807, 2.05) is 0 Å². The minimum Gasteiger partial charge on any atom is -0.392 e. The largest absolute Gasteiger partial charge is 0.392 e. The van der Waals surface area contributed by atoms with E-state index < -0.39 is 16.1 Å². The molecule has 0 saturated heterocycles. The molecule has 0 aliphatic heterocycles. The zero-order chi connectivity index (χ0) is 15.5. The van der Waals surface area contributed by atoms with E-state index in [1.54, 1.807) is 19.1 Å². The second kappa shape index (κ2) is 6.34. The molecule has 112 valence electrons. The van der Waals surface area contributed by atoms with Crippen molar-refractivity contribution in [3.05, 3.63) is 65.5 Å². The number of benzene rings is 2. The van der Waals surface area contributed by atoms with E-state index in [2.05, 4.69) is 4.72 Å². The van der Waals surface area contributed by atoms with Crippen molar-refractivity contribution in [1.82, 2.24) is 4.72 Å². The first-order valence-corrected chi connectivity index (χ1v) is 7.88. The van der Waals surface area contributed by atoms with Gasteiger partial charge < -0.3 is 5.11 Å². The van der Waals surface area contributed by atoms with Crippen molar-refractivity contribution in [2.75, 3.05) is 0 Å². The highest BCUT2D eigenvalue weighted by molar-refractivity contribution is 7.89. The van der Waals surface area contributed by atoms with E-state index in [-0.39, 0.29) is 17.3 Å². The zero-order valence-electron chi connectivity index (χ0n) is 11.5. The lowest BCUT2D eigenvalue weighted by Crippen LogP contribution is -2.27. The molecule has 21 heavy (non-hydrogen) atoms. The second-order valence-electron chi connectivity index (χ2n) is 4.70. The molecule has 0 spiro atoms. The lowest BCUT2D eigenvalue weighted by Gasteiger charge is -2.15. The van der Waals surface area contributed by atoms with Gasteiger partial charge in [-0.3, -0.25) is 0 Å². The van der Waals surface area contributed by atoms with Crippen LogP contribution in [0, 0.1) is 5.82 Å². The van der Waals surface area contributed by atoms with Gasteiger partial charge in [0, 0.05) is 6.04 Å². The molecule has 0 saturated carbocycles. The highest BCUT2D eigenvalue weighted by Gasteiger charge is 2.18. The molecule has 0 radical (unpaired) electrons. The second-order valence-corrected chi connectivity index (χ2v) is 6.41. The van der Waals surface area contributed by atoms with Crippen LogP contribution in [0.2, 0.25) is 0 Å². The van der Waals surface area contributed by atoms with E-state index in [0.29, 0.717) is 11.1 Å². The Labute approximate surface area is 123 Å². The molecular formula is C15H16FNO3S. The maximum atomic E-state index is 12.9. The Bertz CT molecular complexity index is 714. The third-order valence-electron chi connectivity index (χ3n) is 3.09. The van der Waals surface area contributed by atoms with Gasteiger partial charge in [0.15, 0.2) is 0 Å². The van der Waals surface area contributed by atoms with Gasteiger partial charge in [-0.05, 0) is 42.3 Å². The molecule has 0 aliphatic rings. The fraction of sp³-hybridized carbons (Fsp3) is 0.200. The molecule has 2 aromatic carbocycles. The molecule has 2 aromatic rings. The molecule has 4 nitrogen and oxygen atoms in total. The highest BCUT2D eigenvalue weighted by atomic mass is 32.2. The van der Waals surface area contributed by atoms with Crippen LogP contribution >= 0.6 is 0 Å². The van der Waals surface area contributed by atoms with Gasteiger partial charge in [0.2, 0.25) is 10.0 Å². The normalized spacial score (nSPS) is 13.1. The molecule has 2 rings (SSSR count). The SMILES string of the molecule is CC(NS(=O)(=O)c1cccc(CO)c1)c1ccc(F)cc1. The van der Waals surface area contributed by atoms with Crippen molar-refractivity contribution in [3.63, 3.8) is 0 Å². The van der Waals surface area contributed by atoms with Gasteiger partial charge in [-0.15, -0.1) is 0 Å². The fourth-order valence-corrected chi connectivity index (χ4v) is 3.23. The summed E-state index contributed by atoms with van der Waals surface area (Å²) in [5.74, 6) is -0.371. The molecule has 2 N–H and O–H groups in total. The predicted molar refractivity (Wildman–Crippen MR) is 77.5 cm³/mol. The van der Waals surface area contributed by atoms with Gasteiger partial charge in [0.05, 0.1) is 11.5 Å². The van der Waals surface area contributed by atoms with Crippen molar-refractivity contribution < 1.29 is 17.9 Å². The molecule has 0 aromatic heterocycles. The van der Waals surface area contributed by atoms with Crippen LogP contribution in [0.15, 0.2) is 53.4 Å². The van der Waals surface area contributed by atoms with Crippen molar-refractivity contribution >= 4 is 10.0 Å². The first-order chi connectivity index (χ1) is 9.92. The monoisotopic (exact) mass is 309 g/mol. The van der Waals surface area contributed by atoms with Gasteiger partial charge in [-0.1, -0.05) is 24.3 Å². The number of nitrogens with one attached hydrogen (secondary N) is 1.